The van der Waals surface area contributed by atoms with Crippen molar-refractivity contribution in [3.63, 3.8) is 0 Å². The summed E-state index contributed by atoms with van der Waals surface area (Å²) >= 11 is 0. The molecular formula is C51H31N3O2. The molecule has 0 fully saturated rings. The van der Waals surface area contributed by atoms with Gasteiger partial charge >= 0.3 is 0 Å². The Bertz CT molecular complexity index is 3250. The average Bonchev–Trinajstić information content (AvgIpc) is 3.85. The van der Waals surface area contributed by atoms with Gasteiger partial charge in [-0.05, 0) is 64.2 Å². The molecule has 3 heterocycles. The molecule has 8 aromatic carbocycles. The predicted molar refractivity (Wildman–Crippen MR) is 227 cm³/mol. The van der Waals surface area contributed by atoms with Crippen LogP contribution < -0.4 is 0 Å². The number of nitrogens with zero attached hydrogens (tertiary/aromatic N) is 3. The summed E-state index contributed by atoms with van der Waals surface area (Å²) in [7, 11) is 0. The van der Waals surface area contributed by atoms with Crippen molar-refractivity contribution in [3.05, 3.63) is 188 Å². The molecule has 0 bridgehead atoms. The molecule has 262 valence electrons. The summed E-state index contributed by atoms with van der Waals surface area (Å²) in [5.41, 5.74) is 12.6. The third-order valence-electron chi connectivity index (χ3n) is 10.5. The van der Waals surface area contributed by atoms with Gasteiger partial charge < -0.3 is 8.83 Å². The molecule has 0 amide bonds. The van der Waals surface area contributed by atoms with Crippen LogP contribution in [0.5, 0.6) is 0 Å². The molecular weight excluding hydrogens is 687 g/mol. The third kappa shape index (κ3) is 5.45. The molecule has 11 aromatic rings. The van der Waals surface area contributed by atoms with Crippen molar-refractivity contribution in [1.29, 1.82) is 0 Å². The summed E-state index contributed by atoms with van der Waals surface area (Å²) in [4.78, 5) is 15.4. The van der Waals surface area contributed by atoms with Crippen LogP contribution in [-0.4, -0.2) is 15.0 Å². The standard InChI is InChI=1S/C51H31N3O2/c1-3-13-32(14-4-1)34-17-9-18-35(29-34)36-27-28-45-43(31-36)47-42(24-12-26-46(47)55-45)51-53-49(33-15-5-2-6-16-33)52-50(54-51)38-20-10-19-37(30-38)39-22-11-23-41-40-21-7-8-25-44(40)56-48(39)41/h1-31H. The Morgan fingerprint density at radius 1 is 0.286 bits per heavy atom. The lowest BCUT2D eigenvalue weighted by Crippen LogP contribution is -2.00. The van der Waals surface area contributed by atoms with Crippen LogP contribution in [-0.2, 0) is 0 Å². The first-order valence-corrected chi connectivity index (χ1v) is 18.7. The zero-order valence-corrected chi connectivity index (χ0v) is 30.1. The van der Waals surface area contributed by atoms with E-state index in [1.165, 1.54) is 11.1 Å². The maximum Gasteiger partial charge on any atom is 0.164 e. The van der Waals surface area contributed by atoms with Gasteiger partial charge in [-0.15, -0.1) is 0 Å². The van der Waals surface area contributed by atoms with Crippen molar-refractivity contribution >= 4 is 43.9 Å². The van der Waals surface area contributed by atoms with Gasteiger partial charge in [0.05, 0.1) is 0 Å². The van der Waals surface area contributed by atoms with Gasteiger partial charge in [-0.3, -0.25) is 0 Å². The lowest BCUT2D eigenvalue weighted by molar-refractivity contribution is 0.669. The number of benzene rings is 8. The summed E-state index contributed by atoms with van der Waals surface area (Å²) in [5, 5.41) is 4.15. The minimum Gasteiger partial charge on any atom is -0.456 e. The zero-order chi connectivity index (χ0) is 37.0. The highest BCUT2D eigenvalue weighted by molar-refractivity contribution is 6.13. The van der Waals surface area contributed by atoms with E-state index in [-0.39, 0.29) is 0 Å². The second kappa shape index (κ2) is 13.0. The van der Waals surface area contributed by atoms with E-state index in [9.17, 15) is 0 Å². The van der Waals surface area contributed by atoms with E-state index in [2.05, 4.69) is 121 Å². The van der Waals surface area contributed by atoms with Crippen LogP contribution in [0, 0.1) is 0 Å². The first kappa shape index (κ1) is 31.9. The predicted octanol–water partition coefficient (Wildman–Crippen LogP) is 13.7. The van der Waals surface area contributed by atoms with Crippen LogP contribution >= 0.6 is 0 Å². The maximum absolute atomic E-state index is 6.47. The molecule has 0 saturated carbocycles. The lowest BCUT2D eigenvalue weighted by atomic mass is 9.97. The number of hydrogen-bond donors (Lipinski definition) is 0. The Morgan fingerprint density at radius 2 is 0.821 bits per heavy atom. The van der Waals surface area contributed by atoms with Gasteiger partial charge in [-0.1, -0.05) is 152 Å². The average molecular weight is 718 g/mol. The third-order valence-corrected chi connectivity index (χ3v) is 10.5. The van der Waals surface area contributed by atoms with E-state index in [4.69, 9.17) is 23.8 Å². The van der Waals surface area contributed by atoms with E-state index in [1.807, 2.05) is 66.7 Å². The molecule has 0 unspecified atom stereocenters. The van der Waals surface area contributed by atoms with Crippen molar-refractivity contribution in [2.45, 2.75) is 0 Å². The SMILES string of the molecule is c1ccc(-c2cccc(-c3ccc4oc5cccc(-c6nc(-c7ccccc7)nc(-c7cccc(-c8cccc9c8oc8ccccc89)c7)n6)c5c4c3)c2)cc1. The number of fused-ring (bicyclic) bond motifs is 6. The minimum absolute atomic E-state index is 0.573. The number of furan rings is 2. The zero-order valence-electron chi connectivity index (χ0n) is 30.1. The number of aromatic nitrogens is 3. The fourth-order valence-electron chi connectivity index (χ4n) is 7.84. The highest BCUT2D eigenvalue weighted by Gasteiger charge is 2.19. The monoisotopic (exact) mass is 717 g/mol. The summed E-state index contributed by atoms with van der Waals surface area (Å²) in [6, 6.07) is 64.5. The summed E-state index contributed by atoms with van der Waals surface area (Å²) in [6.07, 6.45) is 0. The molecule has 5 nitrogen and oxygen atoms in total. The van der Waals surface area contributed by atoms with Gasteiger partial charge in [0, 0.05) is 43.8 Å². The molecule has 0 saturated heterocycles. The Morgan fingerprint density at radius 3 is 1.66 bits per heavy atom. The van der Waals surface area contributed by atoms with Crippen molar-refractivity contribution in [1.82, 2.24) is 15.0 Å². The molecule has 5 heteroatoms. The molecule has 0 aliphatic heterocycles. The number of para-hydroxylation sites is 2. The first-order valence-electron chi connectivity index (χ1n) is 18.7. The van der Waals surface area contributed by atoms with Gasteiger partial charge in [0.1, 0.15) is 22.3 Å². The molecule has 0 atom stereocenters. The number of hydrogen-bond acceptors (Lipinski definition) is 5. The first-order chi connectivity index (χ1) is 27.7. The molecule has 0 spiro atoms. The summed E-state index contributed by atoms with van der Waals surface area (Å²) in [6.45, 7) is 0. The van der Waals surface area contributed by atoms with Crippen molar-refractivity contribution in [2.24, 2.45) is 0 Å². The van der Waals surface area contributed by atoms with E-state index >= 15 is 0 Å². The van der Waals surface area contributed by atoms with Gasteiger partial charge in [0.15, 0.2) is 17.5 Å². The van der Waals surface area contributed by atoms with Crippen molar-refractivity contribution in [2.75, 3.05) is 0 Å². The van der Waals surface area contributed by atoms with E-state index in [0.29, 0.717) is 17.5 Å². The Kier molecular flexibility index (Phi) is 7.42. The summed E-state index contributed by atoms with van der Waals surface area (Å²) < 4.78 is 12.9. The smallest absolute Gasteiger partial charge is 0.164 e. The lowest BCUT2D eigenvalue weighted by Gasteiger charge is -2.10. The van der Waals surface area contributed by atoms with Crippen LogP contribution in [0.1, 0.15) is 0 Å². The molecule has 0 aliphatic carbocycles. The second-order valence-corrected chi connectivity index (χ2v) is 14.0. The molecule has 11 rings (SSSR count). The second-order valence-electron chi connectivity index (χ2n) is 14.0. The van der Waals surface area contributed by atoms with Crippen molar-refractivity contribution < 1.29 is 8.83 Å². The molecule has 0 radical (unpaired) electrons. The fraction of sp³-hybridized carbons (Fsp3) is 0. The van der Waals surface area contributed by atoms with E-state index in [1.54, 1.807) is 0 Å². The normalized spacial score (nSPS) is 11.6. The molecule has 56 heavy (non-hydrogen) atoms. The number of rotatable bonds is 6. The van der Waals surface area contributed by atoms with Gasteiger partial charge in [0.25, 0.3) is 0 Å². The van der Waals surface area contributed by atoms with Crippen LogP contribution in [0.25, 0.3) is 111 Å². The van der Waals surface area contributed by atoms with E-state index < -0.39 is 0 Å². The summed E-state index contributed by atoms with van der Waals surface area (Å²) in [5.74, 6) is 1.75. The Balaban J connectivity index is 1.07. The quantitative estimate of drug-likeness (QED) is 0.171. The fourth-order valence-corrected chi connectivity index (χ4v) is 7.84. The van der Waals surface area contributed by atoms with E-state index in [0.717, 1.165) is 82.8 Å². The molecule has 3 aromatic heterocycles. The van der Waals surface area contributed by atoms with Gasteiger partial charge in [-0.2, -0.15) is 0 Å². The van der Waals surface area contributed by atoms with Crippen LogP contribution in [0.4, 0.5) is 0 Å². The van der Waals surface area contributed by atoms with Crippen LogP contribution in [0.3, 0.4) is 0 Å². The molecule has 0 aliphatic rings. The van der Waals surface area contributed by atoms with Crippen molar-refractivity contribution in [3.8, 4) is 67.5 Å². The van der Waals surface area contributed by atoms with Gasteiger partial charge in [-0.25, -0.2) is 15.0 Å². The topological polar surface area (TPSA) is 65.0 Å². The molecule has 0 N–H and O–H groups in total. The van der Waals surface area contributed by atoms with Crippen LogP contribution in [0.2, 0.25) is 0 Å². The van der Waals surface area contributed by atoms with Gasteiger partial charge in [0.2, 0.25) is 0 Å². The maximum atomic E-state index is 6.47. The Hall–Kier alpha value is -7.63. The highest BCUT2D eigenvalue weighted by Crippen LogP contribution is 2.40. The van der Waals surface area contributed by atoms with Crippen LogP contribution in [0.15, 0.2) is 197 Å². The Labute approximate surface area is 322 Å². The largest absolute Gasteiger partial charge is 0.456 e. The minimum atomic E-state index is 0.573. The highest BCUT2D eigenvalue weighted by atomic mass is 16.3.